The second-order valence-electron chi connectivity index (χ2n) is 5.93. The topological polar surface area (TPSA) is 51.1 Å². The molecule has 1 aliphatic heterocycles. The molecule has 3 aromatic heterocycles. The lowest BCUT2D eigenvalue weighted by atomic mass is 10.1. The minimum Gasteiger partial charge on any atom is -0.481 e. The summed E-state index contributed by atoms with van der Waals surface area (Å²) in [7, 11) is 1.66. The standard InChI is InChI=1S/C18H17BrN4OS/c1-24-18-13(7-14(19)9-21-18)10-23-5-4-12-8-20-17(22-15(12)11-23)16-3-2-6-25-16/h2-3,6-9H,4-5,10-11H2,1H3. The number of pyridine rings is 1. The average Bonchev–Trinajstić information content (AvgIpc) is 3.16. The summed E-state index contributed by atoms with van der Waals surface area (Å²) in [5, 5.41) is 2.05. The Morgan fingerprint density at radius 3 is 3.04 bits per heavy atom. The number of thiophene rings is 1. The Labute approximate surface area is 158 Å². The zero-order valence-electron chi connectivity index (χ0n) is 13.8. The fourth-order valence-corrected chi connectivity index (χ4v) is 4.07. The second kappa shape index (κ2) is 7.19. The van der Waals surface area contributed by atoms with Crippen LogP contribution in [0.15, 0.2) is 40.4 Å². The zero-order valence-corrected chi connectivity index (χ0v) is 16.2. The normalized spacial score (nSPS) is 14.3. The number of halogens is 1. The number of ether oxygens (including phenoxy) is 1. The predicted molar refractivity (Wildman–Crippen MR) is 102 cm³/mol. The van der Waals surface area contributed by atoms with E-state index in [1.165, 1.54) is 5.56 Å². The molecule has 4 heterocycles. The number of hydrogen-bond donors (Lipinski definition) is 0. The molecule has 0 fully saturated rings. The van der Waals surface area contributed by atoms with Gasteiger partial charge in [-0.15, -0.1) is 11.3 Å². The van der Waals surface area contributed by atoms with Crippen LogP contribution in [0.5, 0.6) is 5.88 Å². The number of rotatable bonds is 4. The molecule has 25 heavy (non-hydrogen) atoms. The number of nitrogens with zero attached hydrogens (tertiary/aromatic N) is 4. The summed E-state index contributed by atoms with van der Waals surface area (Å²) in [4.78, 5) is 17.2. The first-order valence-corrected chi connectivity index (χ1v) is 9.69. The van der Waals surface area contributed by atoms with Crippen molar-refractivity contribution in [3.05, 3.63) is 57.3 Å². The predicted octanol–water partition coefficient (Wildman–Crippen LogP) is 3.93. The van der Waals surface area contributed by atoms with Gasteiger partial charge in [0.25, 0.3) is 0 Å². The van der Waals surface area contributed by atoms with Crippen LogP contribution < -0.4 is 4.74 Å². The Morgan fingerprint density at radius 2 is 2.24 bits per heavy atom. The number of methoxy groups -OCH3 is 1. The van der Waals surface area contributed by atoms with Crippen LogP contribution in [0.25, 0.3) is 10.7 Å². The van der Waals surface area contributed by atoms with Gasteiger partial charge in [-0.2, -0.15) is 0 Å². The molecular weight excluding hydrogens is 400 g/mol. The van der Waals surface area contributed by atoms with Crippen LogP contribution >= 0.6 is 27.3 Å². The first-order valence-electron chi connectivity index (χ1n) is 8.02. The monoisotopic (exact) mass is 416 g/mol. The molecule has 0 amide bonds. The summed E-state index contributed by atoms with van der Waals surface area (Å²) in [5.74, 6) is 1.49. The van der Waals surface area contributed by atoms with Gasteiger partial charge in [-0.05, 0) is 45.4 Å². The molecule has 0 aromatic carbocycles. The lowest BCUT2D eigenvalue weighted by molar-refractivity contribution is 0.236. The highest BCUT2D eigenvalue weighted by Crippen LogP contribution is 2.26. The number of fused-ring (bicyclic) bond motifs is 1. The molecule has 7 heteroatoms. The van der Waals surface area contributed by atoms with Gasteiger partial charge in [0.15, 0.2) is 5.82 Å². The highest BCUT2D eigenvalue weighted by molar-refractivity contribution is 9.10. The van der Waals surface area contributed by atoms with Gasteiger partial charge < -0.3 is 4.74 Å². The van der Waals surface area contributed by atoms with Crippen molar-refractivity contribution in [3.63, 3.8) is 0 Å². The lowest BCUT2D eigenvalue weighted by Crippen LogP contribution is -2.31. The Hall–Kier alpha value is -1.83. The maximum absolute atomic E-state index is 5.40. The third-order valence-electron chi connectivity index (χ3n) is 4.25. The largest absolute Gasteiger partial charge is 0.481 e. The van der Waals surface area contributed by atoms with E-state index in [1.807, 2.05) is 12.3 Å². The third-order valence-corrected chi connectivity index (χ3v) is 5.55. The summed E-state index contributed by atoms with van der Waals surface area (Å²) in [6.45, 7) is 2.57. The molecule has 1 aliphatic rings. The van der Waals surface area contributed by atoms with Gasteiger partial charge in [-0.25, -0.2) is 15.0 Å². The van der Waals surface area contributed by atoms with Gasteiger partial charge >= 0.3 is 0 Å². The third kappa shape index (κ3) is 3.58. The maximum atomic E-state index is 5.40. The maximum Gasteiger partial charge on any atom is 0.217 e. The van der Waals surface area contributed by atoms with Crippen molar-refractivity contribution < 1.29 is 4.74 Å². The number of aromatic nitrogens is 3. The van der Waals surface area contributed by atoms with Gasteiger partial charge in [-0.3, -0.25) is 4.90 Å². The molecular formula is C18H17BrN4OS. The van der Waals surface area contributed by atoms with E-state index in [9.17, 15) is 0 Å². The molecule has 4 rings (SSSR count). The van der Waals surface area contributed by atoms with E-state index >= 15 is 0 Å². The van der Waals surface area contributed by atoms with Crippen molar-refractivity contribution in [2.24, 2.45) is 0 Å². The van der Waals surface area contributed by atoms with Crippen LogP contribution in [0.3, 0.4) is 0 Å². The highest BCUT2D eigenvalue weighted by atomic mass is 79.9. The molecule has 0 radical (unpaired) electrons. The first-order chi connectivity index (χ1) is 12.2. The molecule has 0 saturated heterocycles. The number of hydrogen-bond acceptors (Lipinski definition) is 6. The van der Waals surface area contributed by atoms with Crippen LogP contribution in [0.2, 0.25) is 0 Å². The van der Waals surface area contributed by atoms with E-state index in [0.717, 1.165) is 52.5 Å². The van der Waals surface area contributed by atoms with Crippen molar-refractivity contribution >= 4 is 27.3 Å². The zero-order chi connectivity index (χ0) is 17.2. The summed E-state index contributed by atoms with van der Waals surface area (Å²) in [6, 6.07) is 6.16. The van der Waals surface area contributed by atoms with Gasteiger partial charge in [0.1, 0.15) is 0 Å². The van der Waals surface area contributed by atoms with Crippen molar-refractivity contribution in [2.45, 2.75) is 19.5 Å². The fraction of sp³-hybridized carbons (Fsp3) is 0.278. The van der Waals surface area contributed by atoms with Gasteiger partial charge in [-0.1, -0.05) is 6.07 Å². The van der Waals surface area contributed by atoms with E-state index < -0.39 is 0 Å². The van der Waals surface area contributed by atoms with Crippen molar-refractivity contribution in [1.29, 1.82) is 0 Å². The van der Waals surface area contributed by atoms with Crippen molar-refractivity contribution in [3.8, 4) is 16.6 Å². The molecule has 0 N–H and O–H groups in total. The first kappa shape index (κ1) is 16.6. The van der Waals surface area contributed by atoms with Crippen molar-refractivity contribution in [2.75, 3.05) is 13.7 Å². The second-order valence-corrected chi connectivity index (χ2v) is 7.79. The molecule has 5 nitrogen and oxygen atoms in total. The molecule has 0 atom stereocenters. The van der Waals surface area contributed by atoms with Gasteiger partial charge in [0.05, 0.1) is 17.7 Å². The Bertz CT molecular complexity index is 885. The Balaban J connectivity index is 1.56. The van der Waals surface area contributed by atoms with E-state index in [4.69, 9.17) is 9.72 Å². The minimum atomic E-state index is 0.677. The average molecular weight is 417 g/mol. The SMILES string of the molecule is COc1ncc(Br)cc1CN1CCc2cnc(-c3cccs3)nc2C1. The highest BCUT2D eigenvalue weighted by Gasteiger charge is 2.20. The molecule has 0 saturated carbocycles. The van der Waals surface area contributed by atoms with Crippen LogP contribution in [-0.2, 0) is 19.5 Å². The smallest absolute Gasteiger partial charge is 0.217 e. The molecule has 0 aliphatic carbocycles. The summed E-state index contributed by atoms with van der Waals surface area (Å²) in [5.41, 5.74) is 3.44. The van der Waals surface area contributed by atoms with Gasteiger partial charge in [0.2, 0.25) is 5.88 Å². The van der Waals surface area contributed by atoms with Crippen molar-refractivity contribution in [1.82, 2.24) is 19.9 Å². The van der Waals surface area contributed by atoms with E-state index in [-0.39, 0.29) is 0 Å². The Kier molecular flexibility index (Phi) is 4.78. The van der Waals surface area contributed by atoms with Crippen LogP contribution in [-0.4, -0.2) is 33.5 Å². The summed E-state index contributed by atoms with van der Waals surface area (Å²) >= 11 is 5.16. The lowest BCUT2D eigenvalue weighted by Gasteiger charge is -2.28. The molecule has 3 aromatic rings. The molecule has 0 unspecified atom stereocenters. The van der Waals surface area contributed by atoms with E-state index in [1.54, 1.807) is 24.6 Å². The van der Waals surface area contributed by atoms with E-state index in [0.29, 0.717) is 5.88 Å². The van der Waals surface area contributed by atoms with E-state index in [2.05, 4.69) is 48.3 Å². The summed E-state index contributed by atoms with van der Waals surface area (Å²) < 4.78 is 6.36. The minimum absolute atomic E-state index is 0.677. The summed E-state index contributed by atoms with van der Waals surface area (Å²) in [6.07, 6.45) is 4.70. The molecule has 0 bridgehead atoms. The Morgan fingerprint density at radius 1 is 1.32 bits per heavy atom. The molecule has 128 valence electrons. The molecule has 0 spiro atoms. The van der Waals surface area contributed by atoms with Crippen LogP contribution in [0.1, 0.15) is 16.8 Å². The van der Waals surface area contributed by atoms with Gasteiger partial charge in [0, 0.05) is 42.1 Å². The van der Waals surface area contributed by atoms with Crippen LogP contribution in [0.4, 0.5) is 0 Å². The quantitative estimate of drug-likeness (QED) is 0.644. The fourth-order valence-electron chi connectivity index (χ4n) is 3.02. The van der Waals surface area contributed by atoms with Crippen LogP contribution in [0, 0.1) is 0 Å².